The molecule has 0 bridgehead atoms. The molecule has 0 aliphatic carbocycles. The van der Waals surface area contributed by atoms with E-state index in [4.69, 9.17) is 9.63 Å². The van der Waals surface area contributed by atoms with E-state index in [1.165, 1.54) is 23.6 Å². The molecule has 0 saturated carbocycles. The molecule has 0 radical (unpaired) electrons. The molecule has 2 aromatic rings. The first kappa shape index (κ1) is 14.0. The van der Waals surface area contributed by atoms with Gasteiger partial charge in [0.2, 0.25) is 0 Å². The molecule has 7 heteroatoms. The van der Waals surface area contributed by atoms with Crippen molar-refractivity contribution in [2.75, 3.05) is 0 Å². The van der Waals surface area contributed by atoms with Gasteiger partial charge in [-0.25, -0.2) is 4.79 Å². The lowest BCUT2D eigenvalue weighted by atomic mass is 10.2. The SMILES string of the molecule is Cc1oncc1C(=O)NCc1sccc1/C=C/C(=O)O. The Morgan fingerprint density at radius 3 is 3.00 bits per heavy atom. The number of aromatic nitrogens is 1. The number of carboxylic acid groups (broad SMARTS) is 1. The molecular formula is C13H12N2O4S. The van der Waals surface area contributed by atoms with Crippen LogP contribution in [0, 0.1) is 6.92 Å². The number of amides is 1. The van der Waals surface area contributed by atoms with Crippen LogP contribution in [-0.2, 0) is 11.3 Å². The zero-order valence-corrected chi connectivity index (χ0v) is 11.4. The van der Waals surface area contributed by atoms with Gasteiger partial charge in [0.25, 0.3) is 5.91 Å². The number of nitrogens with one attached hydrogen (secondary N) is 1. The average molecular weight is 292 g/mol. The summed E-state index contributed by atoms with van der Waals surface area (Å²) in [5, 5.41) is 16.7. The van der Waals surface area contributed by atoms with Crippen LogP contribution >= 0.6 is 11.3 Å². The molecule has 2 N–H and O–H groups in total. The molecule has 0 aliphatic rings. The van der Waals surface area contributed by atoms with Gasteiger partial charge in [-0.2, -0.15) is 0 Å². The summed E-state index contributed by atoms with van der Waals surface area (Å²) < 4.78 is 4.83. The van der Waals surface area contributed by atoms with Gasteiger partial charge < -0.3 is 14.9 Å². The normalized spacial score (nSPS) is 10.8. The number of carboxylic acids is 1. The van der Waals surface area contributed by atoms with Gasteiger partial charge in [0, 0.05) is 11.0 Å². The molecule has 2 rings (SSSR count). The zero-order chi connectivity index (χ0) is 14.5. The molecule has 0 atom stereocenters. The minimum absolute atomic E-state index is 0.273. The van der Waals surface area contributed by atoms with Crippen LogP contribution in [0.3, 0.4) is 0 Å². The van der Waals surface area contributed by atoms with Gasteiger partial charge in [-0.15, -0.1) is 11.3 Å². The first-order valence-corrected chi connectivity index (χ1v) is 6.62. The highest BCUT2D eigenvalue weighted by Gasteiger charge is 2.13. The standard InChI is InChI=1S/C13H12N2O4S/c1-8-10(6-15-19-8)13(18)14-7-11-9(4-5-20-11)2-3-12(16)17/h2-6H,7H2,1H3,(H,14,18)(H,16,17)/b3-2+. The number of hydrogen-bond donors (Lipinski definition) is 2. The molecular weight excluding hydrogens is 280 g/mol. The van der Waals surface area contributed by atoms with E-state index < -0.39 is 5.97 Å². The van der Waals surface area contributed by atoms with E-state index in [1.54, 1.807) is 13.0 Å². The van der Waals surface area contributed by atoms with Gasteiger partial charge in [0.1, 0.15) is 11.3 Å². The Kier molecular flexibility index (Phi) is 4.31. The van der Waals surface area contributed by atoms with Crippen LogP contribution < -0.4 is 5.32 Å². The summed E-state index contributed by atoms with van der Waals surface area (Å²) in [6.45, 7) is 1.98. The number of hydrogen-bond acceptors (Lipinski definition) is 5. The van der Waals surface area contributed by atoms with E-state index in [-0.39, 0.29) is 5.91 Å². The Balaban J connectivity index is 2.01. The fraction of sp³-hybridized carbons (Fsp3) is 0.154. The second kappa shape index (κ2) is 6.16. The van der Waals surface area contributed by atoms with Crippen molar-refractivity contribution in [3.63, 3.8) is 0 Å². The largest absolute Gasteiger partial charge is 0.478 e. The van der Waals surface area contributed by atoms with Crippen molar-refractivity contribution in [3.8, 4) is 0 Å². The molecule has 0 fully saturated rings. The minimum Gasteiger partial charge on any atom is -0.478 e. The highest BCUT2D eigenvalue weighted by Crippen LogP contribution is 2.18. The summed E-state index contributed by atoms with van der Waals surface area (Å²) in [6.07, 6.45) is 3.94. The van der Waals surface area contributed by atoms with Gasteiger partial charge in [-0.05, 0) is 30.0 Å². The molecule has 0 aromatic carbocycles. The number of carbonyl (C=O) groups excluding carboxylic acids is 1. The number of carbonyl (C=O) groups is 2. The van der Waals surface area contributed by atoms with E-state index in [2.05, 4.69) is 10.5 Å². The Morgan fingerprint density at radius 1 is 1.55 bits per heavy atom. The number of rotatable bonds is 5. The first-order chi connectivity index (χ1) is 9.58. The van der Waals surface area contributed by atoms with E-state index in [1.807, 2.05) is 5.38 Å². The molecule has 1 amide bonds. The molecule has 2 aromatic heterocycles. The van der Waals surface area contributed by atoms with Crippen LogP contribution in [0.15, 0.2) is 28.2 Å². The monoisotopic (exact) mass is 292 g/mol. The first-order valence-electron chi connectivity index (χ1n) is 5.75. The zero-order valence-electron chi connectivity index (χ0n) is 10.6. The van der Waals surface area contributed by atoms with Crippen molar-refractivity contribution in [3.05, 3.63) is 45.5 Å². The van der Waals surface area contributed by atoms with Crippen LogP contribution in [-0.4, -0.2) is 22.1 Å². The van der Waals surface area contributed by atoms with E-state index in [0.717, 1.165) is 16.5 Å². The lowest BCUT2D eigenvalue weighted by Gasteiger charge is -2.03. The second-order valence-electron chi connectivity index (χ2n) is 3.95. The predicted octanol–water partition coefficient (Wildman–Crippen LogP) is 2.07. The maximum Gasteiger partial charge on any atom is 0.328 e. The summed E-state index contributed by atoms with van der Waals surface area (Å²) in [4.78, 5) is 23.3. The van der Waals surface area contributed by atoms with Gasteiger partial charge in [0.15, 0.2) is 0 Å². The van der Waals surface area contributed by atoms with E-state index in [0.29, 0.717) is 17.9 Å². The van der Waals surface area contributed by atoms with Gasteiger partial charge in [0.05, 0.1) is 12.7 Å². The molecule has 0 spiro atoms. The molecule has 2 heterocycles. The Hall–Kier alpha value is -2.41. The van der Waals surface area contributed by atoms with Crippen molar-refractivity contribution in [2.24, 2.45) is 0 Å². The molecule has 20 heavy (non-hydrogen) atoms. The molecule has 0 aliphatic heterocycles. The summed E-state index contributed by atoms with van der Waals surface area (Å²) in [6, 6.07) is 1.80. The number of aryl methyl sites for hydroxylation is 1. The third-order valence-electron chi connectivity index (χ3n) is 2.59. The van der Waals surface area contributed by atoms with Crippen molar-refractivity contribution in [2.45, 2.75) is 13.5 Å². The van der Waals surface area contributed by atoms with Crippen LogP contribution in [0.5, 0.6) is 0 Å². The average Bonchev–Trinajstić information content (AvgIpc) is 3.02. The Morgan fingerprint density at radius 2 is 2.35 bits per heavy atom. The third-order valence-corrected chi connectivity index (χ3v) is 3.53. The summed E-state index contributed by atoms with van der Waals surface area (Å²) in [5.41, 5.74) is 1.17. The molecule has 6 nitrogen and oxygen atoms in total. The van der Waals surface area contributed by atoms with Crippen molar-refractivity contribution in [1.82, 2.24) is 10.5 Å². The van der Waals surface area contributed by atoms with Crippen molar-refractivity contribution < 1.29 is 19.2 Å². The minimum atomic E-state index is -1.01. The van der Waals surface area contributed by atoms with E-state index >= 15 is 0 Å². The number of nitrogens with zero attached hydrogens (tertiary/aromatic N) is 1. The van der Waals surface area contributed by atoms with Crippen LogP contribution in [0.4, 0.5) is 0 Å². The number of aliphatic carboxylic acids is 1. The topological polar surface area (TPSA) is 92.4 Å². The van der Waals surface area contributed by atoms with Crippen molar-refractivity contribution in [1.29, 1.82) is 0 Å². The summed E-state index contributed by atoms with van der Waals surface area (Å²) >= 11 is 1.45. The smallest absolute Gasteiger partial charge is 0.328 e. The second-order valence-corrected chi connectivity index (χ2v) is 4.95. The molecule has 0 saturated heterocycles. The highest BCUT2D eigenvalue weighted by atomic mass is 32.1. The fourth-order valence-electron chi connectivity index (χ4n) is 1.58. The number of thiophene rings is 1. The maximum atomic E-state index is 11.9. The highest BCUT2D eigenvalue weighted by molar-refractivity contribution is 7.10. The van der Waals surface area contributed by atoms with Gasteiger partial charge in [-0.3, -0.25) is 4.79 Å². The van der Waals surface area contributed by atoms with Crippen LogP contribution in [0.1, 0.15) is 26.6 Å². The summed E-state index contributed by atoms with van der Waals surface area (Å²) in [7, 11) is 0. The predicted molar refractivity (Wildman–Crippen MR) is 73.4 cm³/mol. The Labute approximate surface area is 118 Å². The summed E-state index contributed by atoms with van der Waals surface area (Å²) in [5.74, 6) is -0.823. The van der Waals surface area contributed by atoms with Crippen LogP contribution in [0.2, 0.25) is 0 Å². The van der Waals surface area contributed by atoms with Gasteiger partial charge >= 0.3 is 5.97 Å². The van der Waals surface area contributed by atoms with Crippen molar-refractivity contribution >= 4 is 29.3 Å². The fourth-order valence-corrected chi connectivity index (χ4v) is 2.38. The Bertz CT molecular complexity index is 657. The molecule has 0 unspecified atom stereocenters. The lowest BCUT2D eigenvalue weighted by Crippen LogP contribution is -2.22. The molecule has 104 valence electrons. The van der Waals surface area contributed by atoms with Crippen LogP contribution in [0.25, 0.3) is 6.08 Å². The maximum absolute atomic E-state index is 11.9. The van der Waals surface area contributed by atoms with E-state index in [9.17, 15) is 9.59 Å². The quantitative estimate of drug-likeness (QED) is 0.823. The third kappa shape index (κ3) is 3.33. The lowest BCUT2D eigenvalue weighted by molar-refractivity contribution is -0.131. The van der Waals surface area contributed by atoms with Gasteiger partial charge in [-0.1, -0.05) is 5.16 Å².